The van der Waals surface area contributed by atoms with Crippen LogP contribution >= 0.6 is 0 Å². The Labute approximate surface area is 111 Å². The molecule has 18 heavy (non-hydrogen) atoms. The molecular weight excluding hydrogens is 228 g/mol. The molecule has 5 heteroatoms. The lowest BCUT2D eigenvalue weighted by molar-refractivity contribution is -0.124. The van der Waals surface area contributed by atoms with E-state index in [1.54, 1.807) is 0 Å². The molecule has 0 radical (unpaired) electrons. The Morgan fingerprint density at radius 1 is 1.56 bits per heavy atom. The lowest BCUT2D eigenvalue weighted by Gasteiger charge is -2.29. The molecule has 1 rings (SSSR count). The lowest BCUT2D eigenvalue weighted by Crippen LogP contribution is -2.54. The summed E-state index contributed by atoms with van der Waals surface area (Å²) in [5.74, 6) is -0.257. The van der Waals surface area contributed by atoms with Gasteiger partial charge in [0.25, 0.3) is 0 Å². The van der Waals surface area contributed by atoms with Crippen molar-refractivity contribution in [1.29, 1.82) is 0 Å². The van der Waals surface area contributed by atoms with Gasteiger partial charge in [-0.15, -0.1) is 0 Å². The van der Waals surface area contributed by atoms with Gasteiger partial charge in [0.1, 0.15) is 0 Å². The lowest BCUT2D eigenvalue weighted by atomic mass is 9.96. The molecule has 3 N–H and O–H groups in total. The molecule has 0 saturated carbocycles. The predicted octanol–water partition coefficient (Wildman–Crippen LogP) is -0.134. The molecule has 1 aliphatic rings. The van der Waals surface area contributed by atoms with E-state index in [1.165, 1.54) is 6.42 Å². The molecule has 1 aliphatic heterocycles. The zero-order chi connectivity index (χ0) is 13.8. The SMILES string of the molecule is CCNC(C)(CCN1CCC(N(C)C)C1)C(N)=O. The minimum Gasteiger partial charge on any atom is -0.368 e. The third-order valence-corrected chi connectivity index (χ3v) is 4.02. The van der Waals surface area contributed by atoms with Gasteiger partial charge in [-0.05, 0) is 47.0 Å². The fourth-order valence-electron chi connectivity index (χ4n) is 2.51. The first-order valence-corrected chi connectivity index (χ1v) is 6.82. The van der Waals surface area contributed by atoms with E-state index in [2.05, 4.69) is 29.2 Å². The topological polar surface area (TPSA) is 61.6 Å². The van der Waals surface area contributed by atoms with Crippen LogP contribution in [0.25, 0.3) is 0 Å². The largest absolute Gasteiger partial charge is 0.368 e. The van der Waals surface area contributed by atoms with Crippen molar-refractivity contribution in [2.24, 2.45) is 5.73 Å². The first kappa shape index (κ1) is 15.4. The zero-order valence-corrected chi connectivity index (χ0v) is 12.2. The molecule has 0 aliphatic carbocycles. The molecule has 2 atom stereocenters. The Morgan fingerprint density at radius 3 is 2.67 bits per heavy atom. The van der Waals surface area contributed by atoms with E-state index in [-0.39, 0.29) is 5.91 Å². The number of primary amides is 1. The van der Waals surface area contributed by atoms with E-state index < -0.39 is 5.54 Å². The van der Waals surface area contributed by atoms with Gasteiger partial charge in [-0.3, -0.25) is 4.79 Å². The smallest absolute Gasteiger partial charge is 0.237 e. The number of amides is 1. The number of likely N-dealkylation sites (tertiary alicyclic amines) is 1. The van der Waals surface area contributed by atoms with Crippen LogP contribution in [0.4, 0.5) is 0 Å². The highest BCUT2D eigenvalue weighted by molar-refractivity contribution is 5.84. The fraction of sp³-hybridized carbons (Fsp3) is 0.923. The second-order valence-corrected chi connectivity index (χ2v) is 5.68. The fourth-order valence-corrected chi connectivity index (χ4v) is 2.51. The second kappa shape index (κ2) is 6.50. The van der Waals surface area contributed by atoms with E-state index in [0.29, 0.717) is 6.04 Å². The summed E-state index contributed by atoms with van der Waals surface area (Å²) in [6.07, 6.45) is 1.98. The molecule has 0 spiro atoms. The van der Waals surface area contributed by atoms with Crippen LogP contribution in [0.1, 0.15) is 26.7 Å². The van der Waals surface area contributed by atoms with Crippen LogP contribution < -0.4 is 11.1 Å². The van der Waals surface area contributed by atoms with E-state index >= 15 is 0 Å². The number of rotatable bonds is 7. The normalized spacial score (nSPS) is 24.4. The van der Waals surface area contributed by atoms with Gasteiger partial charge >= 0.3 is 0 Å². The van der Waals surface area contributed by atoms with Crippen LogP contribution in [0.15, 0.2) is 0 Å². The molecular formula is C13H28N4O. The van der Waals surface area contributed by atoms with E-state index in [4.69, 9.17) is 5.73 Å². The van der Waals surface area contributed by atoms with Crippen LogP contribution in [0, 0.1) is 0 Å². The first-order valence-electron chi connectivity index (χ1n) is 6.82. The van der Waals surface area contributed by atoms with E-state index in [9.17, 15) is 4.79 Å². The van der Waals surface area contributed by atoms with Crippen LogP contribution in [-0.2, 0) is 4.79 Å². The minimum atomic E-state index is -0.578. The van der Waals surface area contributed by atoms with E-state index in [1.807, 2.05) is 13.8 Å². The van der Waals surface area contributed by atoms with Crippen LogP contribution in [0.3, 0.4) is 0 Å². The summed E-state index contributed by atoms with van der Waals surface area (Å²) in [7, 11) is 4.25. The van der Waals surface area contributed by atoms with Crippen molar-refractivity contribution in [2.45, 2.75) is 38.3 Å². The Kier molecular flexibility index (Phi) is 5.56. The van der Waals surface area contributed by atoms with Gasteiger partial charge in [-0.25, -0.2) is 0 Å². The maximum atomic E-state index is 11.5. The quantitative estimate of drug-likeness (QED) is 0.666. The first-order chi connectivity index (χ1) is 8.39. The Hall–Kier alpha value is -0.650. The van der Waals surface area contributed by atoms with Gasteiger partial charge in [-0.1, -0.05) is 6.92 Å². The van der Waals surface area contributed by atoms with Crippen LogP contribution in [0.2, 0.25) is 0 Å². The maximum Gasteiger partial charge on any atom is 0.237 e. The molecule has 2 unspecified atom stereocenters. The van der Waals surface area contributed by atoms with Crippen LogP contribution in [0.5, 0.6) is 0 Å². The highest BCUT2D eigenvalue weighted by Gasteiger charge is 2.32. The molecule has 0 bridgehead atoms. The highest BCUT2D eigenvalue weighted by atomic mass is 16.1. The van der Waals surface area contributed by atoms with Crippen molar-refractivity contribution in [3.63, 3.8) is 0 Å². The average Bonchev–Trinajstić information content (AvgIpc) is 2.75. The summed E-state index contributed by atoms with van der Waals surface area (Å²) in [5.41, 5.74) is 4.91. The standard InChI is InChI=1S/C13H28N4O/c1-5-15-13(2,12(14)18)7-9-17-8-6-11(10-17)16(3)4/h11,15H,5-10H2,1-4H3,(H2,14,18). The minimum absolute atomic E-state index is 0.257. The maximum absolute atomic E-state index is 11.5. The van der Waals surface area contributed by atoms with Crippen molar-refractivity contribution >= 4 is 5.91 Å². The number of carbonyl (C=O) groups excluding carboxylic acids is 1. The number of carbonyl (C=O) groups is 1. The van der Waals surface area contributed by atoms with Crippen molar-refractivity contribution in [1.82, 2.24) is 15.1 Å². The second-order valence-electron chi connectivity index (χ2n) is 5.68. The number of nitrogens with two attached hydrogens (primary N) is 1. The highest BCUT2D eigenvalue weighted by Crippen LogP contribution is 2.16. The molecule has 1 saturated heterocycles. The summed E-state index contributed by atoms with van der Waals surface area (Å²) < 4.78 is 0. The van der Waals surface area contributed by atoms with Crippen LogP contribution in [-0.4, -0.2) is 67.6 Å². The number of likely N-dealkylation sites (N-methyl/N-ethyl adjacent to an activating group) is 2. The van der Waals surface area contributed by atoms with Gasteiger partial charge in [0, 0.05) is 19.1 Å². The summed E-state index contributed by atoms with van der Waals surface area (Å²) in [6, 6.07) is 0.643. The van der Waals surface area contributed by atoms with Gasteiger partial charge in [0.05, 0.1) is 5.54 Å². The molecule has 0 aromatic heterocycles. The molecule has 106 valence electrons. The molecule has 1 amide bonds. The summed E-state index contributed by atoms with van der Waals surface area (Å²) in [6.45, 7) is 7.80. The number of hydrogen-bond donors (Lipinski definition) is 2. The summed E-state index contributed by atoms with van der Waals surface area (Å²) in [4.78, 5) is 16.2. The third-order valence-electron chi connectivity index (χ3n) is 4.02. The van der Waals surface area contributed by atoms with Crippen molar-refractivity contribution in [2.75, 3.05) is 40.3 Å². The zero-order valence-electron chi connectivity index (χ0n) is 12.2. The monoisotopic (exact) mass is 256 g/mol. The van der Waals surface area contributed by atoms with Crippen molar-refractivity contribution in [3.8, 4) is 0 Å². The predicted molar refractivity (Wildman–Crippen MR) is 74.4 cm³/mol. The van der Waals surface area contributed by atoms with Gasteiger partial charge < -0.3 is 20.9 Å². The summed E-state index contributed by atoms with van der Waals surface area (Å²) >= 11 is 0. The van der Waals surface area contributed by atoms with Gasteiger partial charge in [0.2, 0.25) is 5.91 Å². The Bertz CT molecular complexity index is 282. The molecule has 5 nitrogen and oxygen atoms in total. The number of nitrogens with one attached hydrogen (secondary N) is 1. The molecule has 1 fully saturated rings. The Morgan fingerprint density at radius 2 is 2.22 bits per heavy atom. The molecule has 0 aromatic rings. The molecule has 1 heterocycles. The summed E-state index contributed by atoms with van der Waals surface area (Å²) in [5, 5.41) is 3.20. The van der Waals surface area contributed by atoms with Gasteiger partial charge in [0.15, 0.2) is 0 Å². The average molecular weight is 256 g/mol. The van der Waals surface area contributed by atoms with Crippen molar-refractivity contribution in [3.05, 3.63) is 0 Å². The number of hydrogen-bond acceptors (Lipinski definition) is 4. The van der Waals surface area contributed by atoms with Crippen molar-refractivity contribution < 1.29 is 4.79 Å². The number of nitrogens with zero attached hydrogens (tertiary/aromatic N) is 2. The van der Waals surface area contributed by atoms with E-state index in [0.717, 1.165) is 32.6 Å². The molecule has 0 aromatic carbocycles. The third kappa shape index (κ3) is 3.93. The Balaban J connectivity index is 2.42. The van der Waals surface area contributed by atoms with Gasteiger partial charge in [-0.2, -0.15) is 0 Å².